The molecule has 0 fully saturated rings. The number of hydrogen-bond acceptors (Lipinski definition) is 4. The van der Waals surface area contributed by atoms with Crippen molar-refractivity contribution in [2.45, 2.75) is 12.8 Å². The molecular formula is C15H20N2OS. The Hall–Kier alpha value is -1.42. The molecule has 0 atom stereocenters. The number of ether oxygens (including phenoxy) is 1. The second kappa shape index (κ2) is 7.24. The predicted octanol–water partition coefficient (Wildman–Crippen LogP) is 3.80. The fourth-order valence-corrected chi connectivity index (χ4v) is 2.57. The standard InChI is InChI=1S/C15H20N2OS/c1-18-14-7-5-6-13-12(14)8-10-17-15(13)16-9-3-4-11-19-2/h5-8,10H,3-4,9,11H2,1-2H3,(H,16,17). The third-order valence-corrected chi connectivity index (χ3v) is 3.75. The Morgan fingerprint density at radius 3 is 2.89 bits per heavy atom. The van der Waals surface area contributed by atoms with E-state index in [1.165, 1.54) is 18.6 Å². The average molecular weight is 276 g/mol. The molecule has 1 aromatic carbocycles. The zero-order chi connectivity index (χ0) is 13.5. The van der Waals surface area contributed by atoms with Gasteiger partial charge in [-0.1, -0.05) is 12.1 Å². The van der Waals surface area contributed by atoms with Crippen molar-refractivity contribution in [1.82, 2.24) is 4.98 Å². The van der Waals surface area contributed by atoms with E-state index >= 15 is 0 Å². The molecule has 3 nitrogen and oxygen atoms in total. The maximum absolute atomic E-state index is 5.38. The van der Waals surface area contributed by atoms with Crippen LogP contribution < -0.4 is 10.1 Å². The molecular weight excluding hydrogens is 256 g/mol. The smallest absolute Gasteiger partial charge is 0.133 e. The third-order valence-electron chi connectivity index (χ3n) is 3.05. The first kappa shape index (κ1) is 14.0. The Bertz CT molecular complexity index is 531. The van der Waals surface area contributed by atoms with Crippen molar-refractivity contribution in [3.05, 3.63) is 30.5 Å². The summed E-state index contributed by atoms with van der Waals surface area (Å²) in [4.78, 5) is 4.43. The van der Waals surface area contributed by atoms with Crippen LogP contribution in [0.1, 0.15) is 12.8 Å². The molecule has 0 saturated carbocycles. The predicted molar refractivity (Wildman–Crippen MR) is 84.4 cm³/mol. The molecule has 0 amide bonds. The Morgan fingerprint density at radius 1 is 1.21 bits per heavy atom. The monoisotopic (exact) mass is 276 g/mol. The molecule has 2 rings (SSSR count). The van der Waals surface area contributed by atoms with E-state index in [1.54, 1.807) is 7.11 Å². The van der Waals surface area contributed by atoms with Crippen LogP contribution in [0.4, 0.5) is 5.82 Å². The van der Waals surface area contributed by atoms with Gasteiger partial charge in [-0.05, 0) is 37.0 Å². The van der Waals surface area contributed by atoms with Crippen LogP contribution in [-0.4, -0.2) is 30.6 Å². The quantitative estimate of drug-likeness (QED) is 0.780. The van der Waals surface area contributed by atoms with Gasteiger partial charge in [-0.25, -0.2) is 4.98 Å². The molecule has 0 aliphatic heterocycles. The Kier molecular flexibility index (Phi) is 5.33. The zero-order valence-corrected chi connectivity index (χ0v) is 12.3. The van der Waals surface area contributed by atoms with E-state index in [4.69, 9.17) is 4.74 Å². The first-order valence-electron chi connectivity index (χ1n) is 6.51. The molecule has 0 unspecified atom stereocenters. The van der Waals surface area contributed by atoms with Gasteiger partial charge in [0.15, 0.2) is 0 Å². The molecule has 1 heterocycles. The van der Waals surface area contributed by atoms with E-state index in [0.29, 0.717) is 0 Å². The molecule has 1 N–H and O–H groups in total. The zero-order valence-electron chi connectivity index (χ0n) is 11.5. The fourth-order valence-electron chi connectivity index (χ4n) is 2.08. The number of hydrogen-bond donors (Lipinski definition) is 1. The summed E-state index contributed by atoms with van der Waals surface area (Å²) >= 11 is 1.90. The third kappa shape index (κ3) is 3.53. The SMILES string of the molecule is COc1cccc2c(NCCCCSC)nccc12. The second-order valence-corrected chi connectivity index (χ2v) is 5.33. The van der Waals surface area contributed by atoms with Crippen molar-refractivity contribution in [2.24, 2.45) is 0 Å². The lowest BCUT2D eigenvalue weighted by atomic mass is 10.1. The van der Waals surface area contributed by atoms with Crippen LogP contribution >= 0.6 is 11.8 Å². The van der Waals surface area contributed by atoms with E-state index < -0.39 is 0 Å². The summed E-state index contributed by atoms with van der Waals surface area (Å²) in [6.45, 7) is 0.962. The number of unbranched alkanes of at least 4 members (excludes halogenated alkanes) is 1. The lowest BCUT2D eigenvalue weighted by Gasteiger charge is -2.10. The van der Waals surface area contributed by atoms with Gasteiger partial charge in [0.05, 0.1) is 7.11 Å². The van der Waals surface area contributed by atoms with Crippen LogP contribution in [-0.2, 0) is 0 Å². The Morgan fingerprint density at radius 2 is 2.11 bits per heavy atom. The Balaban J connectivity index is 2.10. The first-order chi connectivity index (χ1) is 9.36. The normalized spacial score (nSPS) is 10.6. The van der Waals surface area contributed by atoms with E-state index in [-0.39, 0.29) is 0 Å². The van der Waals surface area contributed by atoms with Crippen LogP contribution in [0.15, 0.2) is 30.5 Å². The highest BCUT2D eigenvalue weighted by Gasteiger charge is 2.05. The van der Waals surface area contributed by atoms with E-state index in [2.05, 4.69) is 22.6 Å². The van der Waals surface area contributed by atoms with Crippen LogP contribution in [0.5, 0.6) is 5.75 Å². The maximum atomic E-state index is 5.38. The molecule has 1 aromatic heterocycles. The van der Waals surface area contributed by atoms with Crippen LogP contribution in [0, 0.1) is 0 Å². The minimum Gasteiger partial charge on any atom is -0.496 e. The van der Waals surface area contributed by atoms with Gasteiger partial charge >= 0.3 is 0 Å². The summed E-state index contributed by atoms with van der Waals surface area (Å²) in [5, 5.41) is 5.64. The van der Waals surface area contributed by atoms with Crippen molar-refractivity contribution >= 4 is 28.4 Å². The highest BCUT2D eigenvalue weighted by Crippen LogP contribution is 2.28. The van der Waals surface area contributed by atoms with Gasteiger partial charge < -0.3 is 10.1 Å². The number of aromatic nitrogens is 1. The number of nitrogens with zero attached hydrogens (tertiary/aromatic N) is 1. The van der Waals surface area contributed by atoms with Crippen molar-refractivity contribution in [1.29, 1.82) is 0 Å². The number of benzene rings is 1. The lowest BCUT2D eigenvalue weighted by molar-refractivity contribution is 0.420. The minimum atomic E-state index is 0.894. The molecule has 0 aliphatic rings. The number of methoxy groups -OCH3 is 1. The second-order valence-electron chi connectivity index (χ2n) is 4.34. The molecule has 2 aromatic rings. The van der Waals surface area contributed by atoms with Gasteiger partial charge in [-0.2, -0.15) is 11.8 Å². The minimum absolute atomic E-state index is 0.894. The molecule has 0 bridgehead atoms. The summed E-state index contributed by atoms with van der Waals surface area (Å²) in [6.07, 6.45) is 6.38. The first-order valence-corrected chi connectivity index (χ1v) is 7.90. The van der Waals surface area contributed by atoms with E-state index in [1.807, 2.05) is 36.2 Å². The van der Waals surface area contributed by atoms with Crippen LogP contribution in [0.3, 0.4) is 0 Å². The molecule has 19 heavy (non-hydrogen) atoms. The van der Waals surface area contributed by atoms with Gasteiger partial charge in [-0.15, -0.1) is 0 Å². The van der Waals surface area contributed by atoms with Gasteiger partial charge in [0, 0.05) is 23.5 Å². The summed E-state index contributed by atoms with van der Waals surface area (Å²) in [5.41, 5.74) is 0. The largest absolute Gasteiger partial charge is 0.496 e. The number of nitrogens with one attached hydrogen (secondary N) is 1. The average Bonchev–Trinajstić information content (AvgIpc) is 2.46. The fraction of sp³-hybridized carbons (Fsp3) is 0.400. The van der Waals surface area contributed by atoms with Gasteiger partial charge in [0.25, 0.3) is 0 Å². The molecule has 4 heteroatoms. The number of pyridine rings is 1. The van der Waals surface area contributed by atoms with Crippen LogP contribution in [0.2, 0.25) is 0 Å². The number of anilines is 1. The number of fused-ring (bicyclic) bond motifs is 1. The topological polar surface area (TPSA) is 34.1 Å². The maximum Gasteiger partial charge on any atom is 0.133 e. The van der Waals surface area contributed by atoms with Gasteiger partial charge in [-0.3, -0.25) is 0 Å². The van der Waals surface area contributed by atoms with Crippen molar-refractivity contribution in [3.63, 3.8) is 0 Å². The molecule has 0 saturated heterocycles. The van der Waals surface area contributed by atoms with Gasteiger partial charge in [0.1, 0.15) is 11.6 Å². The van der Waals surface area contributed by atoms with Crippen molar-refractivity contribution < 1.29 is 4.74 Å². The summed E-state index contributed by atoms with van der Waals surface area (Å²) in [7, 11) is 1.70. The molecule has 0 spiro atoms. The number of rotatable bonds is 7. The molecule has 0 aliphatic carbocycles. The van der Waals surface area contributed by atoms with Crippen LogP contribution in [0.25, 0.3) is 10.8 Å². The lowest BCUT2D eigenvalue weighted by Crippen LogP contribution is -2.04. The van der Waals surface area contributed by atoms with Gasteiger partial charge in [0.2, 0.25) is 0 Å². The Labute approximate surface area is 118 Å². The summed E-state index contributed by atoms with van der Waals surface area (Å²) in [6, 6.07) is 8.05. The number of thioether (sulfide) groups is 1. The summed E-state index contributed by atoms with van der Waals surface area (Å²) in [5.74, 6) is 3.06. The van der Waals surface area contributed by atoms with Crippen molar-refractivity contribution in [2.75, 3.05) is 31.0 Å². The van der Waals surface area contributed by atoms with E-state index in [9.17, 15) is 0 Å². The highest BCUT2D eigenvalue weighted by molar-refractivity contribution is 7.98. The molecule has 102 valence electrons. The van der Waals surface area contributed by atoms with E-state index in [0.717, 1.165) is 28.9 Å². The summed E-state index contributed by atoms with van der Waals surface area (Å²) < 4.78 is 5.38. The molecule has 0 radical (unpaired) electrons. The highest BCUT2D eigenvalue weighted by atomic mass is 32.2. The van der Waals surface area contributed by atoms with Crippen molar-refractivity contribution in [3.8, 4) is 5.75 Å².